The van der Waals surface area contributed by atoms with Crippen LogP contribution in [0.3, 0.4) is 0 Å². The van der Waals surface area contributed by atoms with Gasteiger partial charge in [0.2, 0.25) is 0 Å². The van der Waals surface area contributed by atoms with Gasteiger partial charge >= 0.3 is 6.18 Å². The number of alkyl halides is 3. The number of piperazine rings is 1. The first-order valence-corrected chi connectivity index (χ1v) is 12.3. The van der Waals surface area contributed by atoms with Crippen LogP contribution < -0.4 is 9.64 Å². The molecule has 0 spiro atoms. The molecule has 3 heterocycles. The smallest absolute Gasteiger partial charge is 0.419 e. The molecule has 0 aliphatic carbocycles. The van der Waals surface area contributed by atoms with Gasteiger partial charge in [0.25, 0.3) is 0 Å². The SMILES string of the molecule is COc1cc(-n2nc(-c3ccc(N4CCN(C)CC4)cc3)c3c2C[C@@H](C)OCC3)ccc1C(F)(F)F. The van der Waals surface area contributed by atoms with E-state index in [4.69, 9.17) is 14.6 Å². The van der Waals surface area contributed by atoms with Gasteiger partial charge < -0.3 is 19.3 Å². The molecule has 2 aliphatic rings. The Balaban J connectivity index is 1.54. The fourth-order valence-corrected chi connectivity index (χ4v) is 5.04. The highest BCUT2D eigenvalue weighted by Crippen LogP contribution is 2.38. The Bertz CT molecular complexity index is 1210. The molecule has 1 atom stereocenters. The highest BCUT2D eigenvalue weighted by atomic mass is 19.4. The predicted molar refractivity (Wildman–Crippen MR) is 133 cm³/mol. The molecule has 0 unspecified atom stereocenters. The largest absolute Gasteiger partial charge is 0.496 e. The van der Waals surface area contributed by atoms with Crippen LogP contribution in [-0.4, -0.2) is 67.7 Å². The first kappa shape index (κ1) is 24.6. The second kappa shape index (κ2) is 9.78. The first-order chi connectivity index (χ1) is 17.2. The molecule has 2 aromatic carbocycles. The minimum Gasteiger partial charge on any atom is -0.496 e. The number of nitrogens with zero attached hydrogens (tertiary/aromatic N) is 4. The van der Waals surface area contributed by atoms with Crippen molar-refractivity contribution in [1.82, 2.24) is 14.7 Å². The Labute approximate surface area is 209 Å². The lowest BCUT2D eigenvalue weighted by Crippen LogP contribution is -2.44. The number of likely N-dealkylation sites (N-methyl/N-ethyl adjacent to an activating group) is 1. The van der Waals surface area contributed by atoms with E-state index in [1.165, 1.54) is 24.9 Å². The monoisotopic (exact) mass is 500 g/mol. The van der Waals surface area contributed by atoms with Gasteiger partial charge in [0.05, 0.1) is 42.5 Å². The summed E-state index contributed by atoms with van der Waals surface area (Å²) in [7, 11) is 3.39. The Morgan fingerprint density at radius 3 is 2.36 bits per heavy atom. The fourth-order valence-electron chi connectivity index (χ4n) is 5.04. The number of rotatable bonds is 4. The van der Waals surface area contributed by atoms with Crippen molar-refractivity contribution in [3.8, 4) is 22.7 Å². The summed E-state index contributed by atoms with van der Waals surface area (Å²) in [5.74, 6) is -0.222. The van der Waals surface area contributed by atoms with E-state index >= 15 is 0 Å². The number of methoxy groups -OCH3 is 1. The topological polar surface area (TPSA) is 42.8 Å². The van der Waals surface area contributed by atoms with Gasteiger partial charge in [-0.15, -0.1) is 0 Å². The van der Waals surface area contributed by atoms with Crippen LogP contribution in [0.25, 0.3) is 16.9 Å². The molecule has 192 valence electrons. The molecule has 5 rings (SSSR count). The molecule has 1 aromatic heterocycles. The van der Waals surface area contributed by atoms with Crippen molar-refractivity contribution < 1.29 is 22.6 Å². The van der Waals surface area contributed by atoms with Crippen molar-refractivity contribution in [3.63, 3.8) is 0 Å². The van der Waals surface area contributed by atoms with E-state index in [1.807, 2.05) is 6.92 Å². The summed E-state index contributed by atoms with van der Waals surface area (Å²) in [6, 6.07) is 12.4. The second-order valence-corrected chi connectivity index (χ2v) is 9.54. The lowest BCUT2D eigenvalue weighted by molar-refractivity contribution is -0.138. The number of halogens is 3. The summed E-state index contributed by atoms with van der Waals surface area (Å²) in [6.45, 7) is 6.63. The third-order valence-electron chi connectivity index (χ3n) is 7.07. The summed E-state index contributed by atoms with van der Waals surface area (Å²) < 4.78 is 53.1. The maximum Gasteiger partial charge on any atom is 0.419 e. The van der Waals surface area contributed by atoms with E-state index in [-0.39, 0.29) is 11.9 Å². The standard InChI is InChI=1S/C27H31F3N4O2/c1-18-16-24-22(10-15-36-18)26(19-4-6-20(7-5-19)33-13-11-32(2)12-14-33)31-34(24)21-8-9-23(27(28,29)30)25(17-21)35-3/h4-9,17-18H,10-16H2,1-3H3/t18-/m1/s1. The van der Waals surface area contributed by atoms with Crippen molar-refractivity contribution in [3.05, 3.63) is 59.3 Å². The number of anilines is 1. The van der Waals surface area contributed by atoms with E-state index in [0.29, 0.717) is 25.1 Å². The summed E-state index contributed by atoms with van der Waals surface area (Å²) in [5, 5.41) is 4.93. The molecule has 0 amide bonds. The maximum absolute atomic E-state index is 13.4. The van der Waals surface area contributed by atoms with Crippen molar-refractivity contribution in [2.75, 3.05) is 51.8 Å². The minimum absolute atomic E-state index is 0.0227. The van der Waals surface area contributed by atoms with Gasteiger partial charge in [-0.2, -0.15) is 18.3 Å². The normalized spacial score (nSPS) is 19.2. The third kappa shape index (κ3) is 4.82. The lowest BCUT2D eigenvalue weighted by Gasteiger charge is -2.34. The van der Waals surface area contributed by atoms with Gasteiger partial charge in [0, 0.05) is 55.5 Å². The van der Waals surface area contributed by atoms with Crippen LogP contribution in [0.2, 0.25) is 0 Å². The van der Waals surface area contributed by atoms with Gasteiger partial charge in [-0.25, -0.2) is 4.68 Å². The summed E-state index contributed by atoms with van der Waals surface area (Å²) >= 11 is 0. The molecule has 1 saturated heterocycles. The van der Waals surface area contributed by atoms with Crippen molar-refractivity contribution in [2.45, 2.75) is 32.0 Å². The fraction of sp³-hybridized carbons (Fsp3) is 0.444. The molecule has 2 aliphatic heterocycles. The summed E-state index contributed by atoms with van der Waals surface area (Å²) in [4.78, 5) is 4.71. The Hall–Kier alpha value is -3.04. The summed E-state index contributed by atoms with van der Waals surface area (Å²) in [5.41, 5.74) is 4.77. The highest BCUT2D eigenvalue weighted by molar-refractivity contribution is 5.68. The van der Waals surface area contributed by atoms with Crippen molar-refractivity contribution in [2.24, 2.45) is 0 Å². The zero-order valence-corrected chi connectivity index (χ0v) is 20.8. The molecule has 1 fully saturated rings. The molecule has 9 heteroatoms. The molecule has 0 radical (unpaired) electrons. The maximum atomic E-state index is 13.4. The molecule has 0 bridgehead atoms. The van der Waals surface area contributed by atoms with Crippen LogP contribution in [0, 0.1) is 0 Å². The van der Waals surface area contributed by atoms with E-state index < -0.39 is 11.7 Å². The van der Waals surface area contributed by atoms with Gasteiger partial charge in [0.1, 0.15) is 5.75 Å². The number of hydrogen-bond acceptors (Lipinski definition) is 5. The summed E-state index contributed by atoms with van der Waals surface area (Å²) in [6.07, 6.45) is -3.22. The van der Waals surface area contributed by atoms with Crippen molar-refractivity contribution >= 4 is 5.69 Å². The number of aromatic nitrogens is 2. The first-order valence-electron chi connectivity index (χ1n) is 12.3. The third-order valence-corrected chi connectivity index (χ3v) is 7.07. The molecular formula is C27H31F3N4O2. The van der Waals surface area contributed by atoms with E-state index in [9.17, 15) is 13.2 Å². The lowest BCUT2D eigenvalue weighted by atomic mass is 10.0. The average molecular weight is 501 g/mol. The zero-order valence-electron chi connectivity index (χ0n) is 20.8. The Morgan fingerprint density at radius 1 is 1.00 bits per heavy atom. The van der Waals surface area contributed by atoms with E-state index in [2.05, 4.69) is 41.1 Å². The average Bonchev–Trinajstić information content (AvgIpc) is 3.09. The van der Waals surface area contributed by atoms with Crippen LogP contribution >= 0.6 is 0 Å². The molecule has 6 nitrogen and oxygen atoms in total. The van der Waals surface area contributed by atoms with Gasteiger partial charge in [-0.3, -0.25) is 0 Å². The van der Waals surface area contributed by atoms with Crippen molar-refractivity contribution in [1.29, 1.82) is 0 Å². The van der Waals surface area contributed by atoms with Crippen LogP contribution in [0.15, 0.2) is 42.5 Å². The minimum atomic E-state index is -4.50. The molecule has 3 aromatic rings. The molecule has 36 heavy (non-hydrogen) atoms. The van der Waals surface area contributed by atoms with Gasteiger partial charge in [-0.05, 0) is 44.7 Å². The van der Waals surface area contributed by atoms with Crippen LogP contribution in [0.5, 0.6) is 5.75 Å². The van der Waals surface area contributed by atoms with Crippen LogP contribution in [-0.2, 0) is 23.8 Å². The highest BCUT2D eigenvalue weighted by Gasteiger charge is 2.35. The molecular weight excluding hydrogens is 469 g/mol. The van der Waals surface area contributed by atoms with E-state index in [0.717, 1.165) is 54.8 Å². The molecule has 0 N–H and O–H groups in total. The second-order valence-electron chi connectivity index (χ2n) is 9.54. The Kier molecular flexibility index (Phi) is 6.70. The zero-order chi connectivity index (χ0) is 25.4. The van der Waals surface area contributed by atoms with Crippen LogP contribution in [0.4, 0.5) is 18.9 Å². The van der Waals surface area contributed by atoms with Crippen LogP contribution in [0.1, 0.15) is 23.7 Å². The Morgan fingerprint density at radius 2 is 1.69 bits per heavy atom. The van der Waals surface area contributed by atoms with Gasteiger partial charge in [-0.1, -0.05) is 12.1 Å². The quantitative estimate of drug-likeness (QED) is 0.514. The van der Waals surface area contributed by atoms with E-state index in [1.54, 1.807) is 4.68 Å². The number of fused-ring (bicyclic) bond motifs is 1. The number of ether oxygens (including phenoxy) is 2. The number of hydrogen-bond donors (Lipinski definition) is 0. The predicted octanol–water partition coefficient (Wildman–Crippen LogP) is 4.82. The molecule has 0 saturated carbocycles. The van der Waals surface area contributed by atoms with Gasteiger partial charge in [0.15, 0.2) is 0 Å². The number of benzene rings is 2.